The second-order valence-electron chi connectivity index (χ2n) is 3.82. The fraction of sp³-hybridized carbons (Fsp3) is 1.00. The first-order valence-corrected chi connectivity index (χ1v) is 5.61. The maximum absolute atomic E-state index is 9.92. The fourth-order valence-electron chi connectivity index (χ4n) is 1.32. The summed E-state index contributed by atoms with van der Waals surface area (Å²) < 4.78 is 0. The van der Waals surface area contributed by atoms with Crippen LogP contribution >= 0.6 is 0 Å². The quantitative estimate of drug-likeness (QED) is 0.572. The summed E-state index contributed by atoms with van der Waals surface area (Å²) in [5.74, 6) is 0. The van der Waals surface area contributed by atoms with Crippen molar-refractivity contribution < 1.29 is 5.11 Å². The molecule has 80 valence electrons. The highest BCUT2D eigenvalue weighted by Gasteiger charge is 2.20. The van der Waals surface area contributed by atoms with E-state index >= 15 is 0 Å². The van der Waals surface area contributed by atoms with Gasteiger partial charge in [0.15, 0.2) is 0 Å². The van der Waals surface area contributed by atoms with Gasteiger partial charge in [0.2, 0.25) is 0 Å². The van der Waals surface area contributed by atoms with Gasteiger partial charge >= 0.3 is 0 Å². The van der Waals surface area contributed by atoms with Crippen molar-refractivity contribution >= 4 is 0 Å². The molecule has 0 radical (unpaired) electrons. The van der Waals surface area contributed by atoms with Crippen LogP contribution in [0.4, 0.5) is 0 Å². The average Bonchev–Trinajstić information content (AvgIpc) is 2.17. The summed E-state index contributed by atoms with van der Waals surface area (Å²) in [4.78, 5) is 0. The zero-order chi connectivity index (χ0) is 10.2. The lowest BCUT2D eigenvalue weighted by Crippen LogP contribution is -2.39. The van der Waals surface area contributed by atoms with Crippen LogP contribution in [0.1, 0.15) is 52.9 Å². The molecule has 0 bridgehead atoms. The van der Waals surface area contributed by atoms with Gasteiger partial charge in [0.1, 0.15) is 0 Å². The largest absolute Gasteiger partial charge is 0.389 e. The van der Waals surface area contributed by atoms with Crippen LogP contribution in [0.3, 0.4) is 0 Å². The second kappa shape index (κ2) is 7.34. The van der Waals surface area contributed by atoms with E-state index in [1.54, 1.807) is 0 Å². The molecular formula is C11H25NO. The van der Waals surface area contributed by atoms with Gasteiger partial charge in [-0.05, 0) is 25.8 Å². The van der Waals surface area contributed by atoms with Crippen LogP contribution in [0, 0.1) is 0 Å². The summed E-state index contributed by atoms with van der Waals surface area (Å²) in [5, 5.41) is 13.2. The SMILES string of the molecule is CCCCCNCC(O)(CC)CC. The molecule has 0 aliphatic heterocycles. The Morgan fingerprint density at radius 1 is 1.08 bits per heavy atom. The summed E-state index contributed by atoms with van der Waals surface area (Å²) in [6.45, 7) is 8.06. The van der Waals surface area contributed by atoms with Crippen molar-refractivity contribution in [3.05, 3.63) is 0 Å². The van der Waals surface area contributed by atoms with Crippen molar-refractivity contribution in [1.82, 2.24) is 5.32 Å². The maximum atomic E-state index is 9.92. The molecule has 2 N–H and O–H groups in total. The minimum absolute atomic E-state index is 0.480. The highest BCUT2D eigenvalue weighted by Crippen LogP contribution is 2.12. The Balaban J connectivity index is 3.39. The van der Waals surface area contributed by atoms with Gasteiger partial charge in [0, 0.05) is 6.54 Å². The number of rotatable bonds is 8. The normalized spacial score (nSPS) is 12.0. The van der Waals surface area contributed by atoms with E-state index in [4.69, 9.17) is 0 Å². The molecule has 0 aromatic rings. The molecule has 0 aliphatic rings. The molecule has 0 rings (SSSR count). The van der Waals surface area contributed by atoms with Crippen molar-refractivity contribution in [2.24, 2.45) is 0 Å². The molecule has 0 aromatic carbocycles. The number of hydrogen-bond acceptors (Lipinski definition) is 2. The Kier molecular flexibility index (Phi) is 7.29. The van der Waals surface area contributed by atoms with E-state index in [1.165, 1.54) is 19.3 Å². The lowest BCUT2D eigenvalue weighted by atomic mass is 9.97. The Labute approximate surface area is 82.7 Å². The number of nitrogens with one attached hydrogen (secondary N) is 1. The van der Waals surface area contributed by atoms with Crippen molar-refractivity contribution in [3.8, 4) is 0 Å². The molecule has 0 aromatic heterocycles. The van der Waals surface area contributed by atoms with Gasteiger partial charge in [-0.1, -0.05) is 33.6 Å². The third-order valence-electron chi connectivity index (χ3n) is 2.73. The molecule has 2 nitrogen and oxygen atoms in total. The highest BCUT2D eigenvalue weighted by atomic mass is 16.3. The Hall–Kier alpha value is -0.0800. The predicted octanol–water partition coefficient (Wildman–Crippen LogP) is 2.32. The van der Waals surface area contributed by atoms with Gasteiger partial charge in [-0.2, -0.15) is 0 Å². The van der Waals surface area contributed by atoms with Gasteiger partial charge in [-0.25, -0.2) is 0 Å². The summed E-state index contributed by atoms with van der Waals surface area (Å²) in [6, 6.07) is 0. The molecule has 0 atom stereocenters. The van der Waals surface area contributed by atoms with Crippen molar-refractivity contribution in [1.29, 1.82) is 0 Å². The molecule has 0 amide bonds. The van der Waals surface area contributed by atoms with Crippen molar-refractivity contribution in [3.63, 3.8) is 0 Å². The number of aliphatic hydroxyl groups is 1. The zero-order valence-electron chi connectivity index (χ0n) is 9.40. The molecule has 0 fully saturated rings. The fourth-order valence-corrected chi connectivity index (χ4v) is 1.32. The van der Waals surface area contributed by atoms with E-state index < -0.39 is 5.60 Å². The van der Waals surface area contributed by atoms with E-state index in [2.05, 4.69) is 12.2 Å². The van der Waals surface area contributed by atoms with Gasteiger partial charge in [-0.3, -0.25) is 0 Å². The smallest absolute Gasteiger partial charge is 0.0766 e. The van der Waals surface area contributed by atoms with Crippen LogP contribution < -0.4 is 5.32 Å². The van der Waals surface area contributed by atoms with Crippen molar-refractivity contribution in [2.75, 3.05) is 13.1 Å². The van der Waals surface area contributed by atoms with E-state index in [0.29, 0.717) is 0 Å². The van der Waals surface area contributed by atoms with E-state index in [0.717, 1.165) is 25.9 Å². The van der Waals surface area contributed by atoms with Gasteiger partial charge in [0.05, 0.1) is 5.60 Å². The zero-order valence-corrected chi connectivity index (χ0v) is 9.40. The first-order valence-electron chi connectivity index (χ1n) is 5.61. The first-order chi connectivity index (χ1) is 6.18. The highest BCUT2D eigenvalue weighted by molar-refractivity contribution is 4.77. The maximum Gasteiger partial charge on any atom is 0.0766 e. The molecule has 0 saturated heterocycles. The lowest BCUT2D eigenvalue weighted by Gasteiger charge is -2.25. The molecule has 0 heterocycles. The molecule has 2 heteroatoms. The summed E-state index contributed by atoms with van der Waals surface area (Å²) >= 11 is 0. The molecule has 0 spiro atoms. The summed E-state index contributed by atoms with van der Waals surface area (Å²) in [5.41, 5.74) is -0.480. The minimum atomic E-state index is -0.480. The van der Waals surface area contributed by atoms with Crippen LogP contribution in [0.25, 0.3) is 0 Å². The molecule has 0 unspecified atom stereocenters. The second-order valence-corrected chi connectivity index (χ2v) is 3.82. The van der Waals surface area contributed by atoms with Crippen LogP contribution in [0.15, 0.2) is 0 Å². The van der Waals surface area contributed by atoms with Gasteiger partial charge in [-0.15, -0.1) is 0 Å². The molecule has 0 saturated carbocycles. The third kappa shape index (κ3) is 6.05. The summed E-state index contributed by atoms with van der Waals surface area (Å²) in [7, 11) is 0. The van der Waals surface area contributed by atoms with Crippen molar-refractivity contribution in [2.45, 2.75) is 58.5 Å². The van der Waals surface area contributed by atoms with E-state index in [-0.39, 0.29) is 0 Å². The molecule has 13 heavy (non-hydrogen) atoms. The third-order valence-corrected chi connectivity index (χ3v) is 2.73. The standard InChI is InChI=1S/C11H25NO/c1-4-7-8-9-12-10-11(13,5-2)6-3/h12-13H,4-10H2,1-3H3. The Morgan fingerprint density at radius 3 is 2.15 bits per heavy atom. The van der Waals surface area contributed by atoms with Gasteiger partial charge in [0.25, 0.3) is 0 Å². The predicted molar refractivity (Wildman–Crippen MR) is 57.9 cm³/mol. The Bertz CT molecular complexity index is 111. The number of unbranched alkanes of at least 4 members (excludes halogenated alkanes) is 2. The van der Waals surface area contributed by atoms with E-state index in [9.17, 15) is 5.11 Å². The molecular weight excluding hydrogens is 162 g/mol. The lowest BCUT2D eigenvalue weighted by molar-refractivity contribution is 0.0327. The average molecular weight is 187 g/mol. The molecule has 0 aliphatic carbocycles. The van der Waals surface area contributed by atoms with Crippen LogP contribution in [-0.4, -0.2) is 23.8 Å². The summed E-state index contributed by atoms with van der Waals surface area (Å²) in [6.07, 6.45) is 5.44. The minimum Gasteiger partial charge on any atom is -0.389 e. The van der Waals surface area contributed by atoms with E-state index in [1.807, 2.05) is 13.8 Å². The van der Waals surface area contributed by atoms with Gasteiger partial charge < -0.3 is 10.4 Å². The van der Waals surface area contributed by atoms with Crippen LogP contribution in [-0.2, 0) is 0 Å². The monoisotopic (exact) mass is 187 g/mol. The van der Waals surface area contributed by atoms with Crippen LogP contribution in [0.5, 0.6) is 0 Å². The van der Waals surface area contributed by atoms with Crippen LogP contribution in [0.2, 0.25) is 0 Å². The number of hydrogen-bond donors (Lipinski definition) is 2. The first kappa shape index (κ1) is 12.9. The Morgan fingerprint density at radius 2 is 1.69 bits per heavy atom. The topological polar surface area (TPSA) is 32.3 Å².